The van der Waals surface area contributed by atoms with Crippen molar-refractivity contribution in [3.05, 3.63) is 0 Å². The zero-order valence-corrected chi connectivity index (χ0v) is 14.1. The molecule has 0 atom stereocenters. The van der Waals surface area contributed by atoms with E-state index in [0.29, 0.717) is 11.0 Å². The van der Waals surface area contributed by atoms with Crippen LogP contribution >= 0.6 is 12.2 Å². The third-order valence-electron chi connectivity index (χ3n) is 4.24. The molecule has 0 aliphatic heterocycles. The van der Waals surface area contributed by atoms with Crippen molar-refractivity contribution in [2.24, 2.45) is 11.1 Å². The quantitative estimate of drug-likeness (QED) is 0.626. The molecule has 116 valence electrons. The Labute approximate surface area is 129 Å². The van der Waals surface area contributed by atoms with E-state index in [9.17, 15) is 4.79 Å². The van der Waals surface area contributed by atoms with Gasteiger partial charge in [-0.15, -0.1) is 0 Å². The van der Waals surface area contributed by atoms with E-state index in [1.54, 1.807) is 0 Å². The van der Waals surface area contributed by atoms with Gasteiger partial charge in [-0.2, -0.15) is 0 Å². The fourth-order valence-corrected chi connectivity index (χ4v) is 3.28. The lowest BCUT2D eigenvalue weighted by Crippen LogP contribution is -2.51. The smallest absolute Gasteiger partial charge is 0.235 e. The first-order chi connectivity index (χ1) is 9.53. The highest BCUT2D eigenvalue weighted by Crippen LogP contribution is 2.37. The molecule has 0 aromatic carbocycles. The third-order valence-corrected chi connectivity index (χ3v) is 4.63. The van der Waals surface area contributed by atoms with Gasteiger partial charge in [0, 0.05) is 12.6 Å². The Morgan fingerprint density at radius 3 is 2.10 bits per heavy atom. The summed E-state index contributed by atoms with van der Waals surface area (Å²) in [5.74, 6) is 0.199. The van der Waals surface area contributed by atoms with Crippen LogP contribution in [0.3, 0.4) is 0 Å². The van der Waals surface area contributed by atoms with Gasteiger partial charge in [-0.25, -0.2) is 0 Å². The second-order valence-corrected chi connectivity index (χ2v) is 6.47. The van der Waals surface area contributed by atoms with Gasteiger partial charge < -0.3 is 10.6 Å². The van der Waals surface area contributed by atoms with Crippen molar-refractivity contribution in [2.75, 3.05) is 6.54 Å². The molecule has 2 N–H and O–H groups in total. The molecule has 1 fully saturated rings. The zero-order chi connectivity index (χ0) is 15.2. The second-order valence-electron chi connectivity index (χ2n) is 6.03. The molecule has 20 heavy (non-hydrogen) atoms. The van der Waals surface area contributed by atoms with E-state index in [1.807, 2.05) is 0 Å². The Balaban J connectivity index is 2.96. The van der Waals surface area contributed by atoms with Gasteiger partial charge in [0.05, 0.1) is 10.4 Å². The van der Waals surface area contributed by atoms with Gasteiger partial charge in [0.2, 0.25) is 5.91 Å². The largest absolute Gasteiger partial charge is 0.392 e. The van der Waals surface area contributed by atoms with Gasteiger partial charge >= 0.3 is 0 Å². The van der Waals surface area contributed by atoms with Gasteiger partial charge in [-0.1, -0.05) is 52.3 Å². The predicted molar refractivity (Wildman–Crippen MR) is 88.7 cm³/mol. The Morgan fingerprint density at radius 1 is 1.20 bits per heavy atom. The van der Waals surface area contributed by atoms with Crippen LogP contribution in [0.1, 0.15) is 72.1 Å². The number of unbranched alkanes of at least 4 members (excludes halogenated alkanes) is 1. The molecule has 1 aliphatic rings. The van der Waals surface area contributed by atoms with Gasteiger partial charge in [-0.05, 0) is 32.1 Å². The molecule has 0 aromatic heterocycles. The van der Waals surface area contributed by atoms with Crippen molar-refractivity contribution in [1.82, 2.24) is 4.90 Å². The highest BCUT2D eigenvalue weighted by Gasteiger charge is 2.45. The van der Waals surface area contributed by atoms with Gasteiger partial charge in [0.25, 0.3) is 0 Å². The average molecular weight is 298 g/mol. The lowest BCUT2D eigenvalue weighted by Gasteiger charge is -2.37. The summed E-state index contributed by atoms with van der Waals surface area (Å²) in [4.78, 5) is 15.6. The minimum Gasteiger partial charge on any atom is -0.392 e. The van der Waals surface area contributed by atoms with Crippen LogP contribution in [0.25, 0.3) is 0 Å². The summed E-state index contributed by atoms with van der Waals surface area (Å²) in [5, 5.41) is 0. The van der Waals surface area contributed by atoms with Crippen LogP contribution in [0.15, 0.2) is 0 Å². The number of thiocarbonyl (C=S) groups is 1. The average Bonchev–Trinajstić information content (AvgIpc) is 3.22. The molecule has 1 saturated carbocycles. The van der Waals surface area contributed by atoms with E-state index < -0.39 is 5.41 Å². The summed E-state index contributed by atoms with van der Waals surface area (Å²) in [6.45, 7) is 7.22. The number of hydrogen-bond donors (Lipinski definition) is 1. The molecule has 0 heterocycles. The molecule has 0 bridgehead atoms. The van der Waals surface area contributed by atoms with Crippen LogP contribution in [-0.4, -0.2) is 28.4 Å². The zero-order valence-electron chi connectivity index (χ0n) is 13.3. The van der Waals surface area contributed by atoms with Crippen molar-refractivity contribution < 1.29 is 4.79 Å². The van der Waals surface area contributed by atoms with Gasteiger partial charge in [0.15, 0.2) is 0 Å². The van der Waals surface area contributed by atoms with E-state index in [4.69, 9.17) is 18.0 Å². The number of carbonyl (C=O) groups excluding carboxylic acids is 1. The first-order valence-electron chi connectivity index (χ1n) is 8.14. The standard InChI is InChI=1S/C16H30N2OS/c1-4-7-12-18(13-8-9-13)15(19)16(10-5-2,11-6-3)14(17)20/h13H,4-12H2,1-3H3,(H2,17,20). The number of amides is 1. The van der Waals surface area contributed by atoms with E-state index in [2.05, 4.69) is 25.7 Å². The van der Waals surface area contributed by atoms with Crippen LogP contribution in [0.2, 0.25) is 0 Å². The first kappa shape index (κ1) is 17.4. The van der Waals surface area contributed by atoms with Crippen molar-refractivity contribution in [3.8, 4) is 0 Å². The fourth-order valence-electron chi connectivity index (χ4n) is 2.98. The molecule has 1 amide bonds. The van der Waals surface area contributed by atoms with E-state index in [0.717, 1.165) is 57.9 Å². The molecular weight excluding hydrogens is 268 g/mol. The minimum atomic E-state index is -0.602. The summed E-state index contributed by atoms with van der Waals surface area (Å²) in [6.07, 6.45) is 7.90. The van der Waals surface area contributed by atoms with Gasteiger partial charge in [-0.3, -0.25) is 4.79 Å². The van der Waals surface area contributed by atoms with E-state index >= 15 is 0 Å². The molecule has 0 aromatic rings. The lowest BCUT2D eigenvalue weighted by atomic mass is 9.77. The number of rotatable bonds is 10. The molecule has 0 unspecified atom stereocenters. The lowest BCUT2D eigenvalue weighted by molar-refractivity contribution is -0.139. The highest BCUT2D eigenvalue weighted by molar-refractivity contribution is 7.80. The first-order valence-corrected chi connectivity index (χ1v) is 8.55. The van der Waals surface area contributed by atoms with Crippen molar-refractivity contribution >= 4 is 23.1 Å². The van der Waals surface area contributed by atoms with Crippen LogP contribution in [0, 0.1) is 5.41 Å². The normalized spacial score (nSPS) is 15.2. The summed E-state index contributed by atoms with van der Waals surface area (Å²) < 4.78 is 0. The summed E-state index contributed by atoms with van der Waals surface area (Å²) in [6, 6.07) is 0.441. The third kappa shape index (κ3) is 3.94. The number of nitrogens with zero attached hydrogens (tertiary/aromatic N) is 1. The van der Waals surface area contributed by atoms with Crippen molar-refractivity contribution in [1.29, 1.82) is 0 Å². The fraction of sp³-hybridized carbons (Fsp3) is 0.875. The summed E-state index contributed by atoms with van der Waals surface area (Å²) in [5.41, 5.74) is 5.41. The van der Waals surface area contributed by atoms with Crippen molar-refractivity contribution in [3.63, 3.8) is 0 Å². The molecule has 1 aliphatic carbocycles. The maximum atomic E-state index is 13.1. The topological polar surface area (TPSA) is 46.3 Å². The molecule has 1 rings (SSSR count). The Morgan fingerprint density at radius 2 is 1.75 bits per heavy atom. The van der Waals surface area contributed by atoms with E-state index in [1.165, 1.54) is 0 Å². The maximum absolute atomic E-state index is 13.1. The molecule has 4 heteroatoms. The molecule has 3 nitrogen and oxygen atoms in total. The van der Waals surface area contributed by atoms with Gasteiger partial charge in [0.1, 0.15) is 0 Å². The SMILES string of the molecule is CCCCN(C(=O)C(CCC)(CCC)C(N)=S)C1CC1. The molecule has 0 radical (unpaired) electrons. The monoisotopic (exact) mass is 298 g/mol. The number of carbonyl (C=O) groups is 1. The van der Waals surface area contributed by atoms with Crippen LogP contribution in [-0.2, 0) is 4.79 Å². The Kier molecular flexibility index (Phi) is 6.93. The predicted octanol–water partition coefficient (Wildman–Crippen LogP) is 3.65. The Hall–Kier alpha value is -0.640. The summed E-state index contributed by atoms with van der Waals surface area (Å²) >= 11 is 5.31. The molecule has 0 spiro atoms. The van der Waals surface area contributed by atoms with Crippen LogP contribution in [0.4, 0.5) is 0 Å². The summed E-state index contributed by atoms with van der Waals surface area (Å²) in [7, 11) is 0. The maximum Gasteiger partial charge on any atom is 0.235 e. The highest BCUT2D eigenvalue weighted by atomic mass is 32.1. The number of hydrogen-bond acceptors (Lipinski definition) is 2. The number of nitrogens with two attached hydrogens (primary N) is 1. The van der Waals surface area contributed by atoms with E-state index in [-0.39, 0.29) is 5.91 Å². The molecule has 0 saturated heterocycles. The minimum absolute atomic E-state index is 0.199. The van der Waals surface area contributed by atoms with Crippen molar-refractivity contribution in [2.45, 2.75) is 78.2 Å². The molecular formula is C16H30N2OS. The van der Waals surface area contributed by atoms with Crippen LogP contribution in [0.5, 0.6) is 0 Å². The second kappa shape index (κ2) is 7.96. The van der Waals surface area contributed by atoms with Crippen LogP contribution < -0.4 is 5.73 Å². The Bertz CT molecular complexity index is 333.